The topological polar surface area (TPSA) is 0 Å². The van der Waals surface area contributed by atoms with Gasteiger partial charge in [-0.2, -0.15) is 0 Å². The summed E-state index contributed by atoms with van der Waals surface area (Å²) in [5.74, 6) is 1.24. The summed E-state index contributed by atoms with van der Waals surface area (Å²) in [6.45, 7) is 22.5. The van der Waals surface area contributed by atoms with Crippen LogP contribution >= 0.6 is 0 Å². The maximum Gasteiger partial charge on any atom is 0.108 e. The lowest BCUT2D eigenvalue weighted by Gasteiger charge is -2.08. The molecule has 0 aromatic carbocycles. The van der Waals surface area contributed by atoms with Crippen LogP contribution in [0.15, 0.2) is 58.2 Å². The highest BCUT2D eigenvalue weighted by molar-refractivity contribution is 5.21. The predicted molar refractivity (Wildman–Crippen MR) is 138 cm³/mol. The third kappa shape index (κ3) is 10.1. The van der Waals surface area contributed by atoms with E-state index in [1.807, 2.05) is 0 Å². The van der Waals surface area contributed by atoms with Gasteiger partial charge in [0, 0.05) is 11.3 Å². The zero-order valence-corrected chi connectivity index (χ0v) is 21.4. The van der Waals surface area contributed by atoms with Gasteiger partial charge in [-0.25, -0.2) is 0 Å². The number of allylic oxidation sites excluding steroid dienone is 10. The molecule has 1 saturated carbocycles. The SMILES string of the molecule is [CH2+][C@@H]1[C@@H](/C=C(\C)CC/C=C(\C)CCC=C(C)C)[C@@]1(C)CC/C=C(\C)CCC=C(C)C. The minimum Gasteiger partial charge on any atom is -0.0856 e. The van der Waals surface area contributed by atoms with Gasteiger partial charge in [-0.1, -0.05) is 65.2 Å². The van der Waals surface area contributed by atoms with Crippen molar-refractivity contribution in [2.75, 3.05) is 0 Å². The van der Waals surface area contributed by atoms with E-state index in [2.05, 4.69) is 92.7 Å². The molecule has 1 aliphatic carbocycles. The van der Waals surface area contributed by atoms with Crippen molar-refractivity contribution >= 4 is 0 Å². The average Bonchev–Trinajstić information content (AvgIpc) is 3.13. The first-order chi connectivity index (χ1) is 14.1. The van der Waals surface area contributed by atoms with Gasteiger partial charge in [-0.05, 0) is 99.8 Å². The quantitative estimate of drug-likeness (QED) is 0.210. The Hall–Kier alpha value is -1.43. The van der Waals surface area contributed by atoms with E-state index in [1.54, 1.807) is 5.57 Å². The second kappa shape index (κ2) is 13.1. The minimum atomic E-state index is 0.397. The van der Waals surface area contributed by atoms with Crippen LogP contribution < -0.4 is 0 Å². The van der Waals surface area contributed by atoms with E-state index < -0.39 is 0 Å². The Bertz CT molecular complexity index is 671. The number of hydrogen-bond acceptors (Lipinski definition) is 0. The molecule has 0 saturated heterocycles. The van der Waals surface area contributed by atoms with Crippen LogP contribution in [-0.4, -0.2) is 0 Å². The van der Waals surface area contributed by atoms with Crippen LogP contribution in [0, 0.1) is 24.2 Å². The van der Waals surface area contributed by atoms with Crippen LogP contribution in [-0.2, 0) is 0 Å². The van der Waals surface area contributed by atoms with Crippen molar-refractivity contribution in [1.82, 2.24) is 0 Å². The standard InChI is InChI=1S/C30H49/c1-23(2)14-10-16-25(5)18-12-19-27(7)22-29-28(8)30(29,9)21-13-20-26(6)17-11-15-24(3)4/h14-15,18,20,22,28-29H,8,10-13,16-17,19,21H2,1-7,9H3/q+1/b25-18+,26-20+,27-22+/t28-,29-,30+/m1/s1. The second-order valence-corrected chi connectivity index (χ2v) is 10.5. The Morgan fingerprint density at radius 3 is 1.60 bits per heavy atom. The van der Waals surface area contributed by atoms with E-state index in [1.165, 1.54) is 73.7 Å². The third-order valence-electron chi connectivity index (χ3n) is 6.79. The fourth-order valence-corrected chi connectivity index (χ4v) is 4.30. The lowest BCUT2D eigenvalue weighted by molar-refractivity contribution is 0.474. The lowest BCUT2D eigenvalue weighted by Crippen LogP contribution is -1.98. The number of hydrogen-bond donors (Lipinski definition) is 0. The van der Waals surface area contributed by atoms with Crippen molar-refractivity contribution in [2.45, 2.75) is 107 Å². The molecule has 0 amide bonds. The maximum absolute atomic E-state index is 4.47. The Morgan fingerprint density at radius 1 is 0.667 bits per heavy atom. The minimum absolute atomic E-state index is 0.397. The Morgan fingerprint density at radius 2 is 1.10 bits per heavy atom. The summed E-state index contributed by atoms with van der Waals surface area (Å²) in [6, 6.07) is 0. The maximum atomic E-state index is 4.47. The van der Waals surface area contributed by atoms with Crippen molar-refractivity contribution in [3.63, 3.8) is 0 Å². The van der Waals surface area contributed by atoms with Gasteiger partial charge in [0.05, 0.1) is 6.92 Å². The molecular weight excluding hydrogens is 360 g/mol. The van der Waals surface area contributed by atoms with E-state index in [4.69, 9.17) is 0 Å². The summed E-state index contributed by atoms with van der Waals surface area (Å²) in [5, 5.41) is 0. The van der Waals surface area contributed by atoms with Crippen LogP contribution in [0.3, 0.4) is 0 Å². The van der Waals surface area contributed by atoms with Gasteiger partial charge in [-0.15, -0.1) is 0 Å². The van der Waals surface area contributed by atoms with Crippen LogP contribution in [0.2, 0.25) is 0 Å². The summed E-state index contributed by atoms with van der Waals surface area (Å²) >= 11 is 0. The molecule has 1 rings (SSSR count). The highest BCUT2D eigenvalue weighted by Gasteiger charge is 2.61. The molecular formula is C30H49+. The zero-order valence-electron chi connectivity index (χ0n) is 21.4. The zero-order chi connectivity index (χ0) is 22.7. The van der Waals surface area contributed by atoms with Crippen LogP contribution in [0.25, 0.3) is 0 Å². The molecule has 0 aromatic rings. The van der Waals surface area contributed by atoms with E-state index in [0.717, 1.165) is 0 Å². The van der Waals surface area contributed by atoms with Gasteiger partial charge in [0.2, 0.25) is 0 Å². The molecule has 1 aliphatic rings. The van der Waals surface area contributed by atoms with Crippen molar-refractivity contribution in [1.29, 1.82) is 0 Å². The molecule has 0 N–H and O–H groups in total. The molecule has 168 valence electrons. The molecule has 0 aliphatic heterocycles. The molecule has 0 heterocycles. The van der Waals surface area contributed by atoms with Gasteiger partial charge in [0.15, 0.2) is 0 Å². The predicted octanol–water partition coefficient (Wildman–Crippen LogP) is 9.96. The fraction of sp³-hybridized carbons (Fsp3) is 0.633. The molecule has 0 nitrogen and oxygen atoms in total. The van der Waals surface area contributed by atoms with Gasteiger partial charge in [0.1, 0.15) is 5.92 Å². The molecule has 0 spiro atoms. The van der Waals surface area contributed by atoms with E-state index in [9.17, 15) is 0 Å². The summed E-state index contributed by atoms with van der Waals surface area (Å²) < 4.78 is 0. The van der Waals surface area contributed by atoms with E-state index in [-0.39, 0.29) is 0 Å². The molecule has 0 unspecified atom stereocenters. The molecule has 1 fully saturated rings. The Kier molecular flexibility index (Phi) is 11.6. The summed E-state index contributed by atoms with van der Waals surface area (Å²) in [7, 11) is 0. The summed E-state index contributed by atoms with van der Waals surface area (Å²) in [6.07, 6.45) is 21.7. The first kappa shape index (κ1) is 26.6. The van der Waals surface area contributed by atoms with Crippen molar-refractivity contribution in [3.8, 4) is 0 Å². The van der Waals surface area contributed by atoms with Crippen LogP contribution in [0.1, 0.15) is 107 Å². The number of rotatable bonds is 13. The van der Waals surface area contributed by atoms with Crippen LogP contribution in [0.5, 0.6) is 0 Å². The third-order valence-corrected chi connectivity index (χ3v) is 6.79. The highest BCUT2D eigenvalue weighted by Crippen LogP contribution is 2.62. The average molecular weight is 410 g/mol. The largest absolute Gasteiger partial charge is 0.108 e. The van der Waals surface area contributed by atoms with Gasteiger partial charge < -0.3 is 0 Å². The van der Waals surface area contributed by atoms with E-state index >= 15 is 0 Å². The van der Waals surface area contributed by atoms with Crippen molar-refractivity contribution in [2.24, 2.45) is 17.3 Å². The molecule has 30 heavy (non-hydrogen) atoms. The van der Waals surface area contributed by atoms with Gasteiger partial charge in [0.25, 0.3) is 0 Å². The molecule has 0 heteroatoms. The van der Waals surface area contributed by atoms with Crippen molar-refractivity contribution in [3.05, 3.63) is 65.2 Å². The first-order valence-electron chi connectivity index (χ1n) is 12.1. The molecule has 0 bridgehead atoms. The second-order valence-electron chi connectivity index (χ2n) is 10.5. The first-order valence-corrected chi connectivity index (χ1v) is 12.1. The van der Waals surface area contributed by atoms with E-state index in [0.29, 0.717) is 17.3 Å². The smallest absolute Gasteiger partial charge is 0.0856 e. The summed E-state index contributed by atoms with van der Waals surface area (Å²) in [4.78, 5) is 0. The molecule has 0 aromatic heterocycles. The summed E-state index contributed by atoms with van der Waals surface area (Å²) in [5.41, 5.74) is 7.84. The van der Waals surface area contributed by atoms with Gasteiger partial charge in [-0.3, -0.25) is 0 Å². The lowest BCUT2D eigenvalue weighted by atomic mass is 9.96. The Balaban J connectivity index is 2.41. The molecule has 0 radical (unpaired) electrons. The normalized spacial score (nSPS) is 24.6. The highest BCUT2D eigenvalue weighted by atomic mass is 14.6. The molecule has 3 atom stereocenters. The fourth-order valence-electron chi connectivity index (χ4n) is 4.30. The van der Waals surface area contributed by atoms with Crippen LogP contribution in [0.4, 0.5) is 0 Å². The Labute approximate surface area is 189 Å². The van der Waals surface area contributed by atoms with Gasteiger partial charge >= 0.3 is 0 Å². The monoisotopic (exact) mass is 409 g/mol. The van der Waals surface area contributed by atoms with Crippen molar-refractivity contribution < 1.29 is 0 Å².